The molecule has 3 rings (SSSR count). The second kappa shape index (κ2) is 10.1. The molecule has 0 saturated carbocycles. The number of aryl methyl sites for hydroxylation is 1. The van der Waals surface area contributed by atoms with E-state index in [1.54, 1.807) is 6.07 Å². The van der Waals surface area contributed by atoms with Gasteiger partial charge in [0.25, 0.3) is 0 Å². The van der Waals surface area contributed by atoms with Crippen molar-refractivity contribution >= 4 is 11.7 Å². The van der Waals surface area contributed by atoms with E-state index >= 15 is 0 Å². The highest BCUT2D eigenvalue weighted by atomic mass is 16.5. The van der Waals surface area contributed by atoms with E-state index in [2.05, 4.69) is 20.2 Å². The van der Waals surface area contributed by atoms with Crippen LogP contribution in [0.1, 0.15) is 16.8 Å². The van der Waals surface area contributed by atoms with Crippen LogP contribution in [0.4, 0.5) is 5.95 Å². The number of aromatic nitrogens is 2. The van der Waals surface area contributed by atoms with Crippen LogP contribution < -0.4 is 15.0 Å². The quantitative estimate of drug-likeness (QED) is 0.658. The first kappa shape index (κ1) is 20.2. The van der Waals surface area contributed by atoms with Crippen molar-refractivity contribution in [3.05, 3.63) is 47.2 Å². The van der Waals surface area contributed by atoms with E-state index in [-0.39, 0.29) is 12.2 Å². The number of ether oxygens (including phenoxy) is 2. The van der Waals surface area contributed by atoms with E-state index in [1.807, 2.05) is 38.2 Å². The molecular formula is C21H28N4O3. The Kier molecular flexibility index (Phi) is 7.33. The van der Waals surface area contributed by atoms with E-state index < -0.39 is 0 Å². The minimum Gasteiger partial charge on any atom is -0.476 e. The highest BCUT2D eigenvalue weighted by molar-refractivity contribution is 5.82. The molecule has 2 heterocycles. The third-order valence-electron chi connectivity index (χ3n) is 4.50. The number of carbonyl (C=O) groups excluding carboxylic acids is 1. The first-order chi connectivity index (χ1) is 13.6. The lowest BCUT2D eigenvalue weighted by Gasteiger charge is -2.27. The molecule has 0 radical (unpaired) electrons. The van der Waals surface area contributed by atoms with Gasteiger partial charge in [0.05, 0.1) is 18.9 Å². The Balaban J connectivity index is 1.73. The van der Waals surface area contributed by atoms with Crippen LogP contribution in [-0.2, 0) is 22.4 Å². The molecule has 1 aliphatic heterocycles. The van der Waals surface area contributed by atoms with E-state index in [9.17, 15) is 4.79 Å². The Labute approximate surface area is 166 Å². The average Bonchev–Trinajstić information content (AvgIpc) is 2.68. The Morgan fingerprint density at radius 3 is 2.79 bits per heavy atom. The van der Waals surface area contributed by atoms with E-state index in [4.69, 9.17) is 9.47 Å². The molecule has 1 aromatic carbocycles. The summed E-state index contributed by atoms with van der Waals surface area (Å²) < 4.78 is 11.2. The number of Topliss-reactive ketones (excluding diaryl/α,β-unsaturated/α-hetero) is 1. The second-order valence-electron chi connectivity index (χ2n) is 6.93. The molecule has 0 unspecified atom stereocenters. The Morgan fingerprint density at radius 1 is 1.21 bits per heavy atom. The standard InChI is InChI=1S/C21H28N4O3/c1-16-4-3-5-17(12-16)13-19(26)14-18-15-20(28-9-6-22-2)24-21(23-18)25-7-10-27-11-8-25/h3-5,12,15,22H,6-11,13-14H2,1-2H3. The molecule has 0 amide bonds. The number of likely N-dealkylation sites (N-methyl/N-ethyl adjacent to an activating group) is 1. The summed E-state index contributed by atoms with van der Waals surface area (Å²) in [7, 11) is 1.87. The number of morpholine rings is 1. The van der Waals surface area contributed by atoms with Gasteiger partial charge in [-0.15, -0.1) is 0 Å². The number of hydrogen-bond acceptors (Lipinski definition) is 7. The molecule has 1 fully saturated rings. The van der Waals surface area contributed by atoms with Crippen LogP contribution in [-0.4, -0.2) is 62.3 Å². The van der Waals surface area contributed by atoms with Gasteiger partial charge < -0.3 is 19.7 Å². The van der Waals surface area contributed by atoms with Gasteiger partial charge in [0.1, 0.15) is 12.4 Å². The second-order valence-corrected chi connectivity index (χ2v) is 6.93. The highest BCUT2D eigenvalue weighted by Gasteiger charge is 2.17. The molecule has 28 heavy (non-hydrogen) atoms. The molecule has 1 saturated heterocycles. The largest absolute Gasteiger partial charge is 0.476 e. The minimum absolute atomic E-state index is 0.124. The third-order valence-corrected chi connectivity index (χ3v) is 4.50. The van der Waals surface area contributed by atoms with Crippen LogP contribution in [0.2, 0.25) is 0 Å². The van der Waals surface area contributed by atoms with Gasteiger partial charge in [0.2, 0.25) is 11.8 Å². The first-order valence-electron chi connectivity index (χ1n) is 9.69. The van der Waals surface area contributed by atoms with E-state index in [1.165, 1.54) is 0 Å². The number of benzene rings is 1. The summed E-state index contributed by atoms with van der Waals surface area (Å²) in [4.78, 5) is 23.8. The molecule has 0 bridgehead atoms. The van der Waals surface area contributed by atoms with Gasteiger partial charge in [-0.2, -0.15) is 4.98 Å². The summed E-state index contributed by atoms with van der Waals surface area (Å²) in [6.45, 7) is 6.02. The van der Waals surface area contributed by atoms with Crippen molar-refractivity contribution in [2.75, 3.05) is 51.4 Å². The summed E-state index contributed by atoms with van der Waals surface area (Å²) in [5.74, 6) is 1.23. The van der Waals surface area contributed by atoms with Gasteiger partial charge in [-0.1, -0.05) is 29.8 Å². The van der Waals surface area contributed by atoms with Crippen LogP contribution in [0.3, 0.4) is 0 Å². The van der Waals surface area contributed by atoms with Crippen LogP contribution in [0.25, 0.3) is 0 Å². The van der Waals surface area contributed by atoms with Crippen LogP contribution >= 0.6 is 0 Å². The molecular weight excluding hydrogens is 356 g/mol. The lowest BCUT2D eigenvalue weighted by molar-refractivity contribution is -0.117. The molecule has 1 N–H and O–H groups in total. The lowest BCUT2D eigenvalue weighted by atomic mass is 10.0. The topological polar surface area (TPSA) is 76.6 Å². The number of nitrogens with one attached hydrogen (secondary N) is 1. The first-order valence-corrected chi connectivity index (χ1v) is 9.69. The van der Waals surface area contributed by atoms with Gasteiger partial charge in [-0.25, -0.2) is 4.98 Å². The van der Waals surface area contributed by atoms with Crippen LogP contribution in [0.15, 0.2) is 30.3 Å². The molecule has 0 spiro atoms. The zero-order valence-corrected chi connectivity index (χ0v) is 16.6. The number of rotatable bonds is 9. The predicted octanol–water partition coefficient (Wildman–Crippen LogP) is 1.57. The summed E-state index contributed by atoms with van der Waals surface area (Å²) >= 11 is 0. The number of anilines is 1. The molecule has 1 aromatic heterocycles. The number of carbonyl (C=O) groups is 1. The minimum atomic E-state index is 0.124. The Bertz CT molecular complexity index is 791. The molecule has 7 nitrogen and oxygen atoms in total. The average molecular weight is 384 g/mol. The monoisotopic (exact) mass is 384 g/mol. The molecule has 0 atom stereocenters. The molecule has 2 aromatic rings. The summed E-state index contributed by atoms with van der Waals surface area (Å²) in [5.41, 5.74) is 2.87. The van der Waals surface area contributed by atoms with Crippen molar-refractivity contribution in [1.29, 1.82) is 0 Å². The van der Waals surface area contributed by atoms with E-state index in [0.29, 0.717) is 43.8 Å². The van der Waals surface area contributed by atoms with Gasteiger partial charge in [0.15, 0.2) is 0 Å². The SMILES string of the molecule is CNCCOc1cc(CC(=O)Cc2cccc(C)c2)nc(N2CCOCC2)n1. The normalized spacial score (nSPS) is 14.1. The predicted molar refractivity (Wildman–Crippen MR) is 108 cm³/mol. The van der Waals surface area contributed by atoms with Gasteiger partial charge in [-0.3, -0.25) is 4.79 Å². The van der Waals surface area contributed by atoms with Crippen molar-refractivity contribution in [3.8, 4) is 5.88 Å². The zero-order valence-electron chi connectivity index (χ0n) is 16.6. The number of hydrogen-bond donors (Lipinski definition) is 1. The molecule has 7 heteroatoms. The van der Waals surface area contributed by atoms with Crippen molar-refractivity contribution in [2.24, 2.45) is 0 Å². The summed E-state index contributed by atoms with van der Waals surface area (Å²) in [5, 5.41) is 3.05. The number of ketones is 1. The Morgan fingerprint density at radius 2 is 2.04 bits per heavy atom. The Hall–Kier alpha value is -2.51. The third kappa shape index (κ3) is 6.00. The fourth-order valence-corrected chi connectivity index (χ4v) is 3.10. The summed E-state index contributed by atoms with van der Waals surface area (Å²) in [6, 6.07) is 9.81. The van der Waals surface area contributed by atoms with Crippen LogP contribution in [0, 0.1) is 6.92 Å². The maximum absolute atomic E-state index is 12.6. The van der Waals surface area contributed by atoms with Crippen LogP contribution in [0.5, 0.6) is 5.88 Å². The van der Waals surface area contributed by atoms with Crippen molar-refractivity contribution in [3.63, 3.8) is 0 Å². The zero-order chi connectivity index (χ0) is 19.8. The van der Waals surface area contributed by atoms with Crippen molar-refractivity contribution in [2.45, 2.75) is 19.8 Å². The lowest BCUT2D eigenvalue weighted by Crippen LogP contribution is -2.37. The van der Waals surface area contributed by atoms with Crippen molar-refractivity contribution < 1.29 is 14.3 Å². The fraction of sp³-hybridized carbons (Fsp3) is 0.476. The van der Waals surface area contributed by atoms with Crippen molar-refractivity contribution in [1.82, 2.24) is 15.3 Å². The molecule has 1 aliphatic rings. The maximum Gasteiger partial charge on any atom is 0.229 e. The van der Waals surface area contributed by atoms with Gasteiger partial charge in [0, 0.05) is 38.5 Å². The fourth-order valence-electron chi connectivity index (χ4n) is 3.10. The van der Waals surface area contributed by atoms with Gasteiger partial charge in [-0.05, 0) is 19.5 Å². The maximum atomic E-state index is 12.6. The number of nitrogens with zero attached hydrogens (tertiary/aromatic N) is 3. The smallest absolute Gasteiger partial charge is 0.229 e. The van der Waals surface area contributed by atoms with Gasteiger partial charge >= 0.3 is 0 Å². The molecule has 0 aliphatic carbocycles. The molecule has 150 valence electrons. The summed E-state index contributed by atoms with van der Waals surface area (Å²) in [6.07, 6.45) is 0.657. The van der Waals surface area contributed by atoms with E-state index in [0.717, 1.165) is 30.8 Å². The highest BCUT2D eigenvalue weighted by Crippen LogP contribution is 2.18.